The topological polar surface area (TPSA) is 72.6 Å². The van der Waals surface area contributed by atoms with Crippen molar-refractivity contribution in [1.82, 2.24) is 4.31 Å². The minimum Gasteiger partial charge on any atom is -0.373 e. The number of morpholine rings is 1. The van der Waals surface area contributed by atoms with Crippen LogP contribution in [0.2, 0.25) is 0 Å². The van der Waals surface area contributed by atoms with Crippen LogP contribution in [0.4, 0.5) is 8.78 Å². The van der Waals surface area contributed by atoms with Gasteiger partial charge in [-0.2, -0.15) is 4.31 Å². The van der Waals surface area contributed by atoms with Crippen LogP contribution in [0.15, 0.2) is 17.0 Å². The van der Waals surface area contributed by atoms with Crippen molar-refractivity contribution in [3.8, 4) is 0 Å². The molecule has 0 spiro atoms. The second kappa shape index (κ2) is 5.96. The van der Waals surface area contributed by atoms with Crippen molar-refractivity contribution in [2.24, 2.45) is 5.73 Å². The van der Waals surface area contributed by atoms with Gasteiger partial charge in [0.25, 0.3) is 0 Å². The highest BCUT2D eigenvalue weighted by Crippen LogP contribution is 2.25. The summed E-state index contributed by atoms with van der Waals surface area (Å²) in [6.45, 7) is 3.58. The van der Waals surface area contributed by atoms with E-state index in [1.807, 2.05) is 0 Å². The van der Waals surface area contributed by atoms with Crippen LogP contribution >= 0.6 is 0 Å². The highest BCUT2D eigenvalue weighted by molar-refractivity contribution is 7.89. The molecule has 2 N–H and O–H groups in total. The second-order valence-corrected chi connectivity index (χ2v) is 7.08. The molecule has 1 saturated heterocycles. The molecule has 2 rings (SSSR count). The van der Waals surface area contributed by atoms with Crippen molar-refractivity contribution in [1.29, 1.82) is 0 Å². The lowest BCUT2D eigenvalue weighted by Gasteiger charge is -2.34. The van der Waals surface area contributed by atoms with Gasteiger partial charge in [0.1, 0.15) is 4.90 Å². The molecule has 1 heterocycles. The third kappa shape index (κ3) is 3.23. The van der Waals surface area contributed by atoms with Gasteiger partial charge in [0, 0.05) is 19.6 Å². The number of rotatable bonds is 3. The van der Waals surface area contributed by atoms with E-state index in [0.717, 1.165) is 16.4 Å². The highest BCUT2D eigenvalue weighted by atomic mass is 32.2. The van der Waals surface area contributed by atoms with Gasteiger partial charge in [0.15, 0.2) is 11.6 Å². The van der Waals surface area contributed by atoms with Crippen LogP contribution in [0.5, 0.6) is 0 Å². The van der Waals surface area contributed by atoms with Crippen LogP contribution in [-0.4, -0.2) is 38.0 Å². The molecule has 1 aromatic rings. The normalized spacial score (nSPS) is 24.2. The first kappa shape index (κ1) is 16.3. The Hall–Kier alpha value is -1.09. The van der Waals surface area contributed by atoms with E-state index in [1.165, 1.54) is 0 Å². The maximum Gasteiger partial charge on any atom is 0.246 e. The third-order valence-electron chi connectivity index (χ3n) is 3.29. The number of hydrogen-bond acceptors (Lipinski definition) is 4. The van der Waals surface area contributed by atoms with Gasteiger partial charge in [-0.25, -0.2) is 17.2 Å². The average Bonchev–Trinajstić information content (AvgIpc) is 2.40. The Morgan fingerprint density at radius 1 is 1.29 bits per heavy atom. The number of halogens is 2. The van der Waals surface area contributed by atoms with Crippen LogP contribution in [0.3, 0.4) is 0 Å². The first-order valence-electron chi connectivity index (χ1n) is 6.59. The number of hydrogen-bond donors (Lipinski definition) is 1. The van der Waals surface area contributed by atoms with Gasteiger partial charge < -0.3 is 10.5 Å². The molecule has 0 amide bonds. The summed E-state index contributed by atoms with van der Waals surface area (Å²) >= 11 is 0. The fraction of sp³-hybridized carbons (Fsp3) is 0.538. The Bertz CT molecular complexity index is 627. The number of sulfonamides is 1. The van der Waals surface area contributed by atoms with Crippen molar-refractivity contribution in [2.75, 3.05) is 13.1 Å². The number of nitrogens with two attached hydrogens (primary N) is 1. The van der Waals surface area contributed by atoms with Crippen LogP contribution < -0.4 is 5.73 Å². The predicted octanol–water partition coefficient (Wildman–Crippen LogP) is 1.22. The smallest absolute Gasteiger partial charge is 0.246 e. The molecule has 8 heteroatoms. The molecule has 1 aliphatic heterocycles. The number of nitrogens with zero attached hydrogens (tertiary/aromatic N) is 1. The molecule has 2 unspecified atom stereocenters. The molecule has 0 aliphatic carbocycles. The lowest BCUT2D eigenvalue weighted by molar-refractivity contribution is -0.0441. The lowest BCUT2D eigenvalue weighted by atomic mass is 10.2. The highest BCUT2D eigenvalue weighted by Gasteiger charge is 2.34. The van der Waals surface area contributed by atoms with Gasteiger partial charge in [0.05, 0.1) is 12.2 Å². The summed E-state index contributed by atoms with van der Waals surface area (Å²) in [6, 6.07) is 1.98. The SMILES string of the molecule is CC1CN(S(=O)(=O)c2cc(CN)cc(F)c2F)CC(C)O1. The summed E-state index contributed by atoms with van der Waals surface area (Å²) in [5.41, 5.74) is 5.61. The van der Waals surface area contributed by atoms with E-state index in [-0.39, 0.29) is 37.4 Å². The van der Waals surface area contributed by atoms with Crippen LogP contribution in [0.25, 0.3) is 0 Å². The Morgan fingerprint density at radius 3 is 2.38 bits per heavy atom. The van der Waals surface area contributed by atoms with E-state index in [9.17, 15) is 17.2 Å². The summed E-state index contributed by atoms with van der Waals surface area (Å²) in [5, 5.41) is 0. The number of benzene rings is 1. The maximum absolute atomic E-state index is 13.9. The minimum absolute atomic E-state index is 0.0738. The molecular weight excluding hydrogens is 302 g/mol. The molecule has 118 valence electrons. The first-order chi connectivity index (χ1) is 9.75. The molecule has 1 aliphatic rings. The monoisotopic (exact) mass is 320 g/mol. The van der Waals surface area contributed by atoms with E-state index in [2.05, 4.69) is 0 Å². The van der Waals surface area contributed by atoms with Crippen molar-refractivity contribution in [3.05, 3.63) is 29.3 Å². The van der Waals surface area contributed by atoms with Gasteiger partial charge >= 0.3 is 0 Å². The van der Waals surface area contributed by atoms with Gasteiger partial charge in [0.2, 0.25) is 10.0 Å². The number of ether oxygens (including phenoxy) is 1. The molecule has 21 heavy (non-hydrogen) atoms. The van der Waals surface area contributed by atoms with Crippen molar-refractivity contribution in [3.63, 3.8) is 0 Å². The van der Waals surface area contributed by atoms with Crippen molar-refractivity contribution < 1.29 is 21.9 Å². The van der Waals surface area contributed by atoms with E-state index in [4.69, 9.17) is 10.5 Å². The zero-order chi connectivity index (χ0) is 15.8. The minimum atomic E-state index is -4.13. The van der Waals surface area contributed by atoms with E-state index < -0.39 is 26.6 Å². The Labute approximate surface area is 122 Å². The largest absolute Gasteiger partial charge is 0.373 e. The zero-order valence-electron chi connectivity index (χ0n) is 11.8. The molecule has 1 aromatic carbocycles. The fourth-order valence-corrected chi connectivity index (χ4v) is 4.10. The van der Waals surface area contributed by atoms with Crippen molar-refractivity contribution >= 4 is 10.0 Å². The zero-order valence-corrected chi connectivity index (χ0v) is 12.7. The Balaban J connectivity index is 2.46. The van der Waals surface area contributed by atoms with Gasteiger partial charge in [-0.1, -0.05) is 0 Å². The van der Waals surface area contributed by atoms with Crippen molar-refractivity contribution in [2.45, 2.75) is 37.5 Å². The molecule has 2 atom stereocenters. The summed E-state index contributed by atoms with van der Waals surface area (Å²) in [5.74, 6) is -2.59. The third-order valence-corrected chi connectivity index (χ3v) is 5.13. The summed E-state index contributed by atoms with van der Waals surface area (Å²) in [4.78, 5) is -0.677. The predicted molar refractivity (Wildman–Crippen MR) is 73.0 cm³/mol. The molecule has 0 bridgehead atoms. The summed E-state index contributed by atoms with van der Waals surface area (Å²) in [6.07, 6.45) is -0.622. The van der Waals surface area contributed by atoms with E-state index >= 15 is 0 Å². The molecule has 0 aromatic heterocycles. The van der Waals surface area contributed by atoms with Gasteiger partial charge in [-0.05, 0) is 31.5 Å². The van der Waals surface area contributed by atoms with E-state index in [0.29, 0.717) is 0 Å². The molecule has 0 radical (unpaired) electrons. The average molecular weight is 320 g/mol. The first-order valence-corrected chi connectivity index (χ1v) is 8.03. The quantitative estimate of drug-likeness (QED) is 0.909. The summed E-state index contributed by atoms with van der Waals surface area (Å²) < 4.78 is 59.1. The maximum atomic E-state index is 13.9. The molecule has 0 saturated carbocycles. The second-order valence-electron chi connectivity index (χ2n) is 5.17. The van der Waals surface area contributed by atoms with Crippen LogP contribution in [0.1, 0.15) is 19.4 Å². The standard InChI is InChI=1S/C13H18F2N2O3S/c1-8-6-17(7-9(2)20-8)21(18,19)12-4-10(5-16)3-11(14)13(12)15/h3-4,8-9H,5-7,16H2,1-2H3. The van der Waals surface area contributed by atoms with Crippen LogP contribution in [0, 0.1) is 11.6 Å². The van der Waals surface area contributed by atoms with Gasteiger partial charge in [-0.15, -0.1) is 0 Å². The summed E-state index contributed by atoms with van der Waals surface area (Å²) in [7, 11) is -4.13. The molecule has 5 nitrogen and oxygen atoms in total. The lowest BCUT2D eigenvalue weighted by Crippen LogP contribution is -2.48. The molecular formula is C13H18F2N2O3S. The molecule has 1 fully saturated rings. The fourth-order valence-electron chi connectivity index (χ4n) is 2.39. The van der Waals surface area contributed by atoms with Crippen LogP contribution in [-0.2, 0) is 21.3 Å². The van der Waals surface area contributed by atoms with Gasteiger partial charge in [-0.3, -0.25) is 0 Å². The Morgan fingerprint density at radius 2 is 1.86 bits per heavy atom. The Kier molecular flexibility index (Phi) is 4.62. The van der Waals surface area contributed by atoms with E-state index in [1.54, 1.807) is 13.8 Å².